The van der Waals surface area contributed by atoms with Gasteiger partial charge in [-0.3, -0.25) is 24.0 Å². The number of benzene rings is 1. The summed E-state index contributed by atoms with van der Waals surface area (Å²) < 4.78 is 0. The second-order valence-corrected chi connectivity index (χ2v) is 13.0. The molecule has 4 N–H and O–H groups in total. The number of ketones is 1. The second-order valence-electron chi connectivity index (χ2n) is 13.0. The number of aromatic amines is 1. The smallest absolute Gasteiger partial charge is 0.268 e. The summed E-state index contributed by atoms with van der Waals surface area (Å²) in [6.45, 7) is 12.6. The lowest BCUT2D eigenvalue weighted by molar-refractivity contribution is -0.142. The van der Waals surface area contributed by atoms with Crippen molar-refractivity contribution < 1.29 is 24.0 Å². The van der Waals surface area contributed by atoms with Gasteiger partial charge in [0.1, 0.15) is 17.8 Å². The quantitative estimate of drug-likeness (QED) is 0.305. The zero-order chi connectivity index (χ0) is 30.3. The zero-order valence-electron chi connectivity index (χ0n) is 24.7. The molecule has 10 heteroatoms. The van der Waals surface area contributed by atoms with Crippen molar-refractivity contribution in [3.63, 3.8) is 0 Å². The zero-order valence-corrected chi connectivity index (χ0v) is 24.7. The number of hydrogen-bond acceptors (Lipinski definition) is 5. The van der Waals surface area contributed by atoms with Crippen LogP contribution < -0.4 is 16.0 Å². The summed E-state index contributed by atoms with van der Waals surface area (Å²) in [7, 11) is 0. The highest BCUT2D eigenvalue weighted by Crippen LogP contribution is 2.65. The Labute approximate surface area is 246 Å². The van der Waals surface area contributed by atoms with Crippen LogP contribution in [0.25, 0.3) is 10.9 Å². The standard InChI is InChI=1S/C32H41N5O5/c1-6-25(38)22(15-19-11-12-33-28(19)39)35-30(41)27-26-20(32(26,4)5)16-37(27)31(42)24(13-17(2)3)36-29(40)23-14-18-9-7-8-10-21(18)34-23/h6-10,14,17,19-20,22,24,26-27,34H,1,11-13,15-16H2,2-5H3,(H,33,39)(H,35,41)(H,36,40)/t19?,20-,22-,24-,26-,27-/m0/s1. The number of rotatable bonds is 11. The first kappa shape index (κ1) is 29.5. The van der Waals surface area contributed by atoms with E-state index in [2.05, 4.69) is 41.4 Å². The third-order valence-electron chi connectivity index (χ3n) is 9.39. The Hall–Kier alpha value is -3.95. The predicted octanol–water partition coefficient (Wildman–Crippen LogP) is 2.56. The van der Waals surface area contributed by atoms with Gasteiger partial charge < -0.3 is 25.8 Å². The Balaban J connectivity index is 1.36. The maximum Gasteiger partial charge on any atom is 0.268 e. The number of aromatic nitrogens is 1. The van der Waals surface area contributed by atoms with Gasteiger partial charge in [-0.15, -0.1) is 0 Å². The first-order valence-corrected chi connectivity index (χ1v) is 14.9. The minimum Gasteiger partial charge on any atom is -0.356 e. The molecule has 1 aliphatic carbocycles. The lowest BCUT2D eigenvalue weighted by atomic mass is 9.94. The van der Waals surface area contributed by atoms with E-state index in [4.69, 9.17) is 0 Å². The SMILES string of the molecule is C=CC(=O)[C@H](CC1CCNC1=O)NC(=O)[C@@H]1[C@@H]2[C@H](CN1C(=O)[C@H](CC(C)C)NC(=O)c1cc3ccccc3[nH]1)C2(C)C. The Morgan fingerprint density at radius 2 is 1.88 bits per heavy atom. The van der Waals surface area contributed by atoms with E-state index in [9.17, 15) is 24.0 Å². The molecule has 224 valence electrons. The van der Waals surface area contributed by atoms with Crippen molar-refractivity contribution in [2.24, 2.45) is 29.1 Å². The van der Waals surface area contributed by atoms with E-state index < -0.39 is 24.0 Å². The number of carbonyl (C=O) groups excluding carboxylic acids is 5. The highest BCUT2D eigenvalue weighted by molar-refractivity contribution is 6.02. The van der Waals surface area contributed by atoms with E-state index in [0.29, 0.717) is 31.6 Å². The average Bonchev–Trinajstić information content (AvgIpc) is 3.46. The van der Waals surface area contributed by atoms with Gasteiger partial charge in [0.2, 0.25) is 17.7 Å². The number of likely N-dealkylation sites (tertiary alicyclic amines) is 1. The lowest BCUT2D eigenvalue weighted by Gasteiger charge is -2.34. The van der Waals surface area contributed by atoms with Crippen LogP contribution in [0, 0.1) is 29.1 Å². The number of piperidine rings is 1. The molecule has 0 radical (unpaired) electrons. The predicted molar refractivity (Wildman–Crippen MR) is 158 cm³/mol. The van der Waals surface area contributed by atoms with E-state index in [1.54, 1.807) is 11.0 Å². The Morgan fingerprint density at radius 1 is 1.14 bits per heavy atom. The van der Waals surface area contributed by atoms with Crippen LogP contribution in [0.3, 0.4) is 0 Å². The van der Waals surface area contributed by atoms with Gasteiger partial charge in [0, 0.05) is 29.9 Å². The van der Waals surface area contributed by atoms with E-state index in [-0.39, 0.29) is 59.0 Å². The summed E-state index contributed by atoms with van der Waals surface area (Å²) in [5.74, 6) is -1.81. The van der Waals surface area contributed by atoms with E-state index in [1.165, 1.54) is 0 Å². The molecule has 1 saturated carbocycles. The summed E-state index contributed by atoms with van der Waals surface area (Å²) in [5, 5.41) is 9.47. The summed E-state index contributed by atoms with van der Waals surface area (Å²) in [6, 6.07) is 6.80. The summed E-state index contributed by atoms with van der Waals surface area (Å²) in [4.78, 5) is 70.9. The number of fused-ring (bicyclic) bond motifs is 2. The number of hydrogen-bond donors (Lipinski definition) is 4. The first-order chi connectivity index (χ1) is 19.9. The van der Waals surface area contributed by atoms with Gasteiger partial charge >= 0.3 is 0 Å². The Bertz CT molecular complexity index is 1390. The highest BCUT2D eigenvalue weighted by atomic mass is 16.2. The number of nitrogens with zero attached hydrogens (tertiary/aromatic N) is 1. The van der Waals surface area contributed by atoms with Gasteiger partial charge in [0.15, 0.2) is 5.78 Å². The van der Waals surface area contributed by atoms with Crippen LogP contribution in [-0.2, 0) is 19.2 Å². The number of H-pyrrole nitrogens is 1. The maximum absolute atomic E-state index is 14.1. The molecular weight excluding hydrogens is 534 g/mol. The molecule has 5 rings (SSSR count). The molecule has 6 atom stereocenters. The van der Waals surface area contributed by atoms with Crippen molar-refractivity contribution >= 4 is 40.3 Å². The van der Waals surface area contributed by atoms with Gasteiger partial charge in [0.25, 0.3) is 5.91 Å². The molecule has 1 aromatic heterocycles. The molecule has 3 aliphatic rings. The van der Waals surface area contributed by atoms with Crippen molar-refractivity contribution in [1.82, 2.24) is 25.8 Å². The Kier molecular flexibility index (Phi) is 8.00. The molecule has 2 aliphatic heterocycles. The molecule has 1 aromatic carbocycles. The maximum atomic E-state index is 14.1. The minimum atomic E-state index is -0.908. The Morgan fingerprint density at radius 3 is 2.52 bits per heavy atom. The summed E-state index contributed by atoms with van der Waals surface area (Å²) in [6.07, 6.45) is 2.34. The lowest BCUT2D eigenvalue weighted by Crippen LogP contribution is -2.57. The largest absolute Gasteiger partial charge is 0.356 e. The van der Waals surface area contributed by atoms with E-state index in [1.807, 2.05) is 38.1 Å². The van der Waals surface area contributed by atoms with Gasteiger partial charge in [-0.1, -0.05) is 52.5 Å². The van der Waals surface area contributed by atoms with Gasteiger partial charge in [0.05, 0.1) is 6.04 Å². The number of para-hydroxylation sites is 1. The van der Waals surface area contributed by atoms with Crippen LogP contribution in [0.2, 0.25) is 0 Å². The van der Waals surface area contributed by atoms with Crippen LogP contribution in [0.15, 0.2) is 43.0 Å². The minimum absolute atomic E-state index is 0.0696. The van der Waals surface area contributed by atoms with Gasteiger partial charge in [-0.2, -0.15) is 0 Å². The molecule has 3 fully saturated rings. The van der Waals surface area contributed by atoms with Crippen LogP contribution >= 0.6 is 0 Å². The molecule has 2 aromatic rings. The van der Waals surface area contributed by atoms with Crippen molar-refractivity contribution in [1.29, 1.82) is 0 Å². The van der Waals surface area contributed by atoms with Crippen molar-refractivity contribution in [3.8, 4) is 0 Å². The van der Waals surface area contributed by atoms with E-state index >= 15 is 0 Å². The van der Waals surface area contributed by atoms with Crippen LogP contribution in [0.4, 0.5) is 0 Å². The van der Waals surface area contributed by atoms with Gasteiger partial charge in [-0.25, -0.2) is 0 Å². The third-order valence-corrected chi connectivity index (χ3v) is 9.39. The molecule has 3 heterocycles. The molecule has 10 nitrogen and oxygen atoms in total. The molecule has 4 amide bonds. The third kappa shape index (κ3) is 5.58. The normalized spacial score (nSPS) is 25.5. The fourth-order valence-electron chi connectivity index (χ4n) is 6.94. The summed E-state index contributed by atoms with van der Waals surface area (Å²) in [5.41, 5.74) is 1.05. The van der Waals surface area contributed by atoms with Gasteiger partial charge in [-0.05, 0) is 60.6 Å². The highest BCUT2D eigenvalue weighted by Gasteiger charge is 2.69. The summed E-state index contributed by atoms with van der Waals surface area (Å²) >= 11 is 0. The molecule has 42 heavy (non-hydrogen) atoms. The molecule has 2 saturated heterocycles. The van der Waals surface area contributed by atoms with Crippen LogP contribution in [0.5, 0.6) is 0 Å². The molecule has 0 spiro atoms. The average molecular weight is 576 g/mol. The van der Waals surface area contributed by atoms with Crippen LogP contribution in [0.1, 0.15) is 57.4 Å². The molecule has 0 bridgehead atoms. The fraction of sp³-hybridized carbons (Fsp3) is 0.531. The molecular formula is C32H41N5O5. The van der Waals surface area contributed by atoms with Crippen LogP contribution in [-0.4, -0.2) is 70.5 Å². The number of amides is 4. The fourth-order valence-corrected chi connectivity index (χ4v) is 6.94. The first-order valence-electron chi connectivity index (χ1n) is 14.9. The van der Waals surface area contributed by atoms with Crippen molar-refractivity contribution in [2.75, 3.05) is 13.1 Å². The monoisotopic (exact) mass is 575 g/mol. The van der Waals surface area contributed by atoms with Crippen molar-refractivity contribution in [2.45, 2.75) is 65.1 Å². The van der Waals surface area contributed by atoms with E-state index in [0.717, 1.165) is 17.0 Å². The second kappa shape index (κ2) is 11.4. The number of nitrogens with one attached hydrogen (secondary N) is 4. The molecule has 1 unspecified atom stereocenters. The topological polar surface area (TPSA) is 140 Å². The van der Waals surface area contributed by atoms with Crippen molar-refractivity contribution in [3.05, 3.63) is 48.7 Å². The number of carbonyl (C=O) groups is 5.